The van der Waals surface area contributed by atoms with E-state index in [2.05, 4.69) is 4.90 Å². The number of ether oxygens (including phenoxy) is 1. The maximum absolute atomic E-state index is 5.88. The second kappa shape index (κ2) is 8.54. The van der Waals surface area contributed by atoms with E-state index in [1.54, 1.807) is 0 Å². The highest BCUT2D eigenvalue weighted by molar-refractivity contribution is 5.85. The minimum Gasteiger partial charge on any atom is -0.381 e. The molecule has 16 heavy (non-hydrogen) atoms. The molecule has 0 aromatic carbocycles. The molecule has 0 spiro atoms. The number of hydrogen-bond donors (Lipinski definition) is 1. The van der Waals surface area contributed by atoms with Crippen molar-refractivity contribution < 1.29 is 4.74 Å². The van der Waals surface area contributed by atoms with Crippen LogP contribution in [0.2, 0.25) is 0 Å². The van der Waals surface area contributed by atoms with Gasteiger partial charge in [-0.3, -0.25) is 0 Å². The fourth-order valence-electron chi connectivity index (χ4n) is 2.43. The third-order valence-electron chi connectivity index (χ3n) is 3.49. The van der Waals surface area contributed by atoms with Crippen molar-refractivity contribution in [2.75, 3.05) is 32.8 Å². The minimum absolute atomic E-state index is 0. The van der Waals surface area contributed by atoms with Crippen LogP contribution in [-0.4, -0.2) is 43.8 Å². The number of nitrogens with zero attached hydrogens (tertiary/aromatic N) is 1. The van der Waals surface area contributed by atoms with Gasteiger partial charge in [0.15, 0.2) is 0 Å². The predicted molar refractivity (Wildman–Crippen MR) is 71.7 cm³/mol. The molecular formula is C11H24Cl2N2O. The molecule has 0 aromatic heterocycles. The molecule has 0 aromatic rings. The van der Waals surface area contributed by atoms with Gasteiger partial charge >= 0.3 is 0 Å². The van der Waals surface area contributed by atoms with Crippen LogP contribution in [0.1, 0.15) is 25.7 Å². The van der Waals surface area contributed by atoms with E-state index < -0.39 is 0 Å². The Morgan fingerprint density at radius 1 is 1.00 bits per heavy atom. The van der Waals surface area contributed by atoms with E-state index in [0.717, 1.165) is 19.1 Å². The molecule has 2 fully saturated rings. The van der Waals surface area contributed by atoms with Crippen LogP contribution in [-0.2, 0) is 4.74 Å². The molecule has 5 heteroatoms. The minimum atomic E-state index is 0. The lowest BCUT2D eigenvalue weighted by Crippen LogP contribution is -2.42. The van der Waals surface area contributed by atoms with Gasteiger partial charge in [-0.1, -0.05) is 0 Å². The van der Waals surface area contributed by atoms with Gasteiger partial charge in [0, 0.05) is 25.8 Å². The number of rotatable bonds is 2. The maximum atomic E-state index is 5.88. The molecule has 3 nitrogen and oxygen atoms in total. The first-order valence-electron chi connectivity index (χ1n) is 5.90. The van der Waals surface area contributed by atoms with Gasteiger partial charge in [-0.25, -0.2) is 0 Å². The number of hydrogen-bond acceptors (Lipinski definition) is 3. The van der Waals surface area contributed by atoms with Crippen molar-refractivity contribution in [3.63, 3.8) is 0 Å². The molecular weight excluding hydrogens is 247 g/mol. The lowest BCUT2D eigenvalue weighted by molar-refractivity contribution is 0.0489. The van der Waals surface area contributed by atoms with Crippen LogP contribution >= 0.6 is 24.8 Å². The molecule has 0 radical (unpaired) electrons. The SMILES string of the molecule is Cl.Cl.NC1CCN(CC2CCOCC2)CC1. The number of likely N-dealkylation sites (tertiary alicyclic amines) is 1. The Kier molecular flexibility index (Phi) is 8.78. The summed E-state index contributed by atoms with van der Waals surface area (Å²) in [7, 11) is 0. The Morgan fingerprint density at radius 2 is 1.56 bits per heavy atom. The van der Waals surface area contributed by atoms with Gasteiger partial charge in [-0.2, -0.15) is 0 Å². The van der Waals surface area contributed by atoms with Crippen LogP contribution in [0.3, 0.4) is 0 Å². The van der Waals surface area contributed by atoms with Crippen LogP contribution in [0.15, 0.2) is 0 Å². The van der Waals surface area contributed by atoms with Gasteiger partial charge < -0.3 is 15.4 Å². The van der Waals surface area contributed by atoms with E-state index in [9.17, 15) is 0 Å². The van der Waals surface area contributed by atoms with Crippen molar-refractivity contribution in [3.8, 4) is 0 Å². The van der Waals surface area contributed by atoms with Crippen LogP contribution in [0, 0.1) is 5.92 Å². The van der Waals surface area contributed by atoms with Gasteiger partial charge in [-0.05, 0) is 44.7 Å². The van der Waals surface area contributed by atoms with Gasteiger partial charge in [-0.15, -0.1) is 24.8 Å². The topological polar surface area (TPSA) is 38.5 Å². The molecule has 0 amide bonds. The quantitative estimate of drug-likeness (QED) is 0.830. The molecule has 0 bridgehead atoms. The molecule has 0 unspecified atom stereocenters. The highest BCUT2D eigenvalue weighted by Crippen LogP contribution is 2.18. The summed E-state index contributed by atoms with van der Waals surface area (Å²) in [6, 6.07) is 0.459. The lowest BCUT2D eigenvalue weighted by Gasteiger charge is -2.34. The molecule has 98 valence electrons. The molecule has 2 heterocycles. The molecule has 2 aliphatic rings. The monoisotopic (exact) mass is 270 g/mol. The van der Waals surface area contributed by atoms with E-state index >= 15 is 0 Å². The number of nitrogens with two attached hydrogens (primary N) is 1. The second-order valence-electron chi connectivity index (χ2n) is 4.69. The molecule has 0 saturated carbocycles. The largest absolute Gasteiger partial charge is 0.381 e. The van der Waals surface area contributed by atoms with Gasteiger partial charge in [0.25, 0.3) is 0 Å². The van der Waals surface area contributed by atoms with Crippen molar-refractivity contribution in [1.82, 2.24) is 4.90 Å². The third kappa shape index (κ3) is 5.19. The van der Waals surface area contributed by atoms with Crippen molar-refractivity contribution >= 4 is 24.8 Å². The Balaban J connectivity index is 0.00000112. The van der Waals surface area contributed by atoms with Crippen LogP contribution in [0.25, 0.3) is 0 Å². The third-order valence-corrected chi connectivity index (χ3v) is 3.49. The summed E-state index contributed by atoms with van der Waals surface area (Å²) in [4.78, 5) is 2.58. The van der Waals surface area contributed by atoms with Gasteiger partial charge in [0.1, 0.15) is 0 Å². The Labute approximate surface area is 111 Å². The van der Waals surface area contributed by atoms with Crippen LogP contribution in [0.5, 0.6) is 0 Å². The molecule has 0 aliphatic carbocycles. The average Bonchev–Trinajstić information content (AvgIpc) is 2.23. The predicted octanol–water partition coefficient (Wildman–Crippen LogP) is 1.68. The zero-order chi connectivity index (χ0) is 9.80. The summed E-state index contributed by atoms with van der Waals surface area (Å²) >= 11 is 0. The van der Waals surface area contributed by atoms with Crippen molar-refractivity contribution in [3.05, 3.63) is 0 Å². The summed E-state index contributed by atoms with van der Waals surface area (Å²) in [5.41, 5.74) is 5.88. The highest BCUT2D eigenvalue weighted by Gasteiger charge is 2.20. The second-order valence-corrected chi connectivity index (χ2v) is 4.69. The summed E-state index contributed by atoms with van der Waals surface area (Å²) in [5, 5.41) is 0. The average molecular weight is 271 g/mol. The first kappa shape index (κ1) is 16.5. The standard InChI is InChI=1S/C11H22N2O.2ClH/c12-11-1-5-13(6-2-11)9-10-3-7-14-8-4-10;;/h10-11H,1-9,12H2;2*1H. The molecule has 2 N–H and O–H groups in total. The number of halogens is 2. The summed E-state index contributed by atoms with van der Waals surface area (Å²) in [5.74, 6) is 0.873. The van der Waals surface area contributed by atoms with Crippen molar-refractivity contribution in [1.29, 1.82) is 0 Å². The Hall–Kier alpha value is 0.460. The van der Waals surface area contributed by atoms with E-state index in [4.69, 9.17) is 10.5 Å². The summed E-state index contributed by atoms with van der Waals surface area (Å²) in [6.07, 6.45) is 4.87. The molecule has 2 aliphatic heterocycles. The van der Waals surface area contributed by atoms with Gasteiger partial charge in [0.2, 0.25) is 0 Å². The Bertz CT molecular complexity index is 169. The fraction of sp³-hybridized carbons (Fsp3) is 1.00. The first-order chi connectivity index (χ1) is 6.84. The normalized spacial score (nSPS) is 24.6. The molecule has 2 saturated heterocycles. The summed E-state index contributed by atoms with van der Waals surface area (Å²) < 4.78 is 5.37. The number of piperidine rings is 1. The highest BCUT2D eigenvalue weighted by atomic mass is 35.5. The molecule has 2 rings (SSSR count). The Morgan fingerprint density at radius 3 is 2.12 bits per heavy atom. The van der Waals surface area contributed by atoms with Crippen molar-refractivity contribution in [2.45, 2.75) is 31.7 Å². The van der Waals surface area contributed by atoms with E-state index in [1.165, 1.54) is 45.3 Å². The van der Waals surface area contributed by atoms with E-state index in [-0.39, 0.29) is 24.8 Å². The first-order valence-corrected chi connectivity index (χ1v) is 5.90. The van der Waals surface area contributed by atoms with Crippen LogP contribution in [0.4, 0.5) is 0 Å². The maximum Gasteiger partial charge on any atom is 0.0469 e. The zero-order valence-electron chi connectivity index (χ0n) is 9.77. The molecule has 0 atom stereocenters. The van der Waals surface area contributed by atoms with Crippen molar-refractivity contribution in [2.24, 2.45) is 11.7 Å². The van der Waals surface area contributed by atoms with Gasteiger partial charge in [0.05, 0.1) is 0 Å². The van der Waals surface area contributed by atoms with E-state index in [1.807, 2.05) is 0 Å². The zero-order valence-corrected chi connectivity index (χ0v) is 11.4. The fourth-order valence-corrected chi connectivity index (χ4v) is 2.43. The summed E-state index contributed by atoms with van der Waals surface area (Å²) in [6.45, 7) is 5.63. The van der Waals surface area contributed by atoms with Crippen LogP contribution < -0.4 is 5.73 Å². The lowest BCUT2D eigenvalue weighted by atomic mass is 9.97. The smallest absolute Gasteiger partial charge is 0.0469 e. The van der Waals surface area contributed by atoms with E-state index in [0.29, 0.717) is 6.04 Å².